The number of aryl methyl sites for hydroxylation is 4. The van der Waals surface area contributed by atoms with Crippen LogP contribution in [0.3, 0.4) is 0 Å². The van der Waals surface area contributed by atoms with Gasteiger partial charge in [0.25, 0.3) is 0 Å². The first-order valence-electron chi connectivity index (χ1n) is 6.38. The summed E-state index contributed by atoms with van der Waals surface area (Å²) in [6.45, 7) is 8.44. The van der Waals surface area contributed by atoms with Gasteiger partial charge in [0.1, 0.15) is 0 Å². The summed E-state index contributed by atoms with van der Waals surface area (Å²) in [7, 11) is 0. The maximum absolute atomic E-state index is 6.18. The highest BCUT2D eigenvalue weighted by atomic mass is 79.9. The molecule has 2 aromatic carbocycles. The largest absolute Gasteiger partial charge is 0.0840 e. The quantitative estimate of drug-likeness (QED) is 0.584. The van der Waals surface area contributed by atoms with Crippen LogP contribution in [0.25, 0.3) is 0 Å². The van der Waals surface area contributed by atoms with Gasteiger partial charge in [-0.2, -0.15) is 0 Å². The van der Waals surface area contributed by atoms with Crippen LogP contribution < -0.4 is 0 Å². The van der Waals surface area contributed by atoms with E-state index in [0.717, 1.165) is 10.6 Å². The van der Waals surface area contributed by atoms with Crippen LogP contribution in [-0.2, 0) is 0 Å². The van der Waals surface area contributed by atoms with E-state index < -0.39 is 0 Å². The molecule has 1 atom stereocenters. The summed E-state index contributed by atoms with van der Waals surface area (Å²) in [6.07, 6.45) is 0. The average molecular weight is 338 g/mol. The zero-order valence-electron chi connectivity index (χ0n) is 11.7. The van der Waals surface area contributed by atoms with E-state index in [1.165, 1.54) is 27.8 Å². The lowest BCUT2D eigenvalue weighted by Crippen LogP contribution is -2.00. The molecule has 1 unspecified atom stereocenters. The fraction of sp³-hybridized carbons (Fsp3) is 0.294. The van der Waals surface area contributed by atoms with E-state index in [1.54, 1.807) is 0 Å². The van der Waals surface area contributed by atoms with Crippen molar-refractivity contribution in [2.75, 3.05) is 0 Å². The van der Waals surface area contributed by atoms with Gasteiger partial charge in [0.2, 0.25) is 0 Å². The van der Waals surface area contributed by atoms with Crippen LogP contribution in [0.1, 0.15) is 38.2 Å². The lowest BCUT2D eigenvalue weighted by molar-refractivity contribution is 1.10. The zero-order chi connectivity index (χ0) is 14.2. The van der Waals surface area contributed by atoms with Gasteiger partial charge in [0, 0.05) is 5.02 Å². The van der Waals surface area contributed by atoms with Crippen LogP contribution in [-0.4, -0.2) is 0 Å². The summed E-state index contributed by atoms with van der Waals surface area (Å²) in [6, 6.07) is 10.8. The Morgan fingerprint density at radius 1 is 0.842 bits per heavy atom. The summed E-state index contributed by atoms with van der Waals surface area (Å²) < 4.78 is 0. The Balaban J connectivity index is 2.52. The maximum atomic E-state index is 6.18. The van der Waals surface area contributed by atoms with Gasteiger partial charge in [-0.25, -0.2) is 0 Å². The Bertz CT molecular complexity index is 617. The minimum Gasteiger partial charge on any atom is -0.0840 e. The second kappa shape index (κ2) is 5.68. The molecule has 0 spiro atoms. The highest BCUT2D eigenvalue weighted by Gasteiger charge is 2.16. The molecule has 2 rings (SSSR count). The number of hydrogen-bond donors (Lipinski definition) is 0. The molecule has 2 aromatic rings. The molecule has 0 heterocycles. The molecular formula is C17H18BrCl. The Morgan fingerprint density at radius 3 is 2.16 bits per heavy atom. The number of benzene rings is 2. The number of rotatable bonds is 2. The Hall–Kier alpha value is -0.790. The first-order valence-corrected chi connectivity index (χ1v) is 7.67. The number of alkyl halides is 1. The summed E-state index contributed by atoms with van der Waals surface area (Å²) in [5, 5.41) is 0.835. The van der Waals surface area contributed by atoms with Gasteiger partial charge in [-0.1, -0.05) is 57.4 Å². The smallest absolute Gasteiger partial charge is 0.0649 e. The van der Waals surface area contributed by atoms with E-state index in [4.69, 9.17) is 11.6 Å². The molecule has 19 heavy (non-hydrogen) atoms. The average Bonchev–Trinajstić information content (AvgIpc) is 2.36. The van der Waals surface area contributed by atoms with Crippen LogP contribution in [0.4, 0.5) is 0 Å². The Labute approximate surface area is 128 Å². The van der Waals surface area contributed by atoms with Crippen molar-refractivity contribution in [2.45, 2.75) is 32.5 Å². The fourth-order valence-corrected chi connectivity index (χ4v) is 3.48. The van der Waals surface area contributed by atoms with Crippen LogP contribution >= 0.6 is 27.5 Å². The Morgan fingerprint density at radius 2 is 1.47 bits per heavy atom. The molecule has 0 aliphatic heterocycles. The molecule has 0 bridgehead atoms. The molecule has 100 valence electrons. The van der Waals surface area contributed by atoms with Crippen molar-refractivity contribution in [1.29, 1.82) is 0 Å². The van der Waals surface area contributed by atoms with Gasteiger partial charge in [-0.05, 0) is 61.6 Å². The summed E-state index contributed by atoms with van der Waals surface area (Å²) >= 11 is 10.0. The van der Waals surface area contributed by atoms with Crippen LogP contribution in [0, 0.1) is 27.7 Å². The molecular weight excluding hydrogens is 320 g/mol. The third-order valence-electron chi connectivity index (χ3n) is 3.53. The molecule has 0 nitrogen and oxygen atoms in total. The minimum atomic E-state index is 0.211. The monoisotopic (exact) mass is 336 g/mol. The highest BCUT2D eigenvalue weighted by molar-refractivity contribution is 9.09. The van der Waals surface area contributed by atoms with E-state index >= 15 is 0 Å². The fourth-order valence-electron chi connectivity index (χ4n) is 2.28. The molecule has 0 radical (unpaired) electrons. The van der Waals surface area contributed by atoms with Gasteiger partial charge in [-0.15, -0.1) is 0 Å². The third kappa shape index (κ3) is 3.04. The van der Waals surface area contributed by atoms with Gasteiger partial charge in [0.05, 0.1) is 4.83 Å². The summed E-state index contributed by atoms with van der Waals surface area (Å²) in [5.74, 6) is 0. The predicted octanol–water partition coefficient (Wildman–Crippen LogP) is 6.06. The maximum Gasteiger partial charge on any atom is 0.0649 e. The van der Waals surface area contributed by atoms with Gasteiger partial charge < -0.3 is 0 Å². The van der Waals surface area contributed by atoms with Crippen LogP contribution in [0.15, 0.2) is 30.3 Å². The lowest BCUT2D eigenvalue weighted by Gasteiger charge is -2.18. The number of hydrogen-bond acceptors (Lipinski definition) is 0. The summed E-state index contributed by atoms with van der Waals surface area (Å²) in [5.41, 5.74) is 7.55. The normalized spacial score (nSPS) is 12.5. The SMILES string of the molecule is Cc1ccc(C)c(C(Br)c2cc(C)c(Cl)cc2C)c1. The molecule has 0 aliphatic rings. The highest BCUT2D eigenvalue weighted by Crippen LogP contribution is 2.36. The molecule has 0 fully saturated rings. The van der Waals surface area contributed by atoms with E-state index in [2.05, 4.69) is 61.0 Å². The second-order valence-corrected chi connectivity index (χ2v) is 6.50. The molecule has 0 N–H and O–H groups in total. The standard InChI is InChI=1S/C17H18BrCl/c1-10-5-6-11(2)14(7-10)17(18)15-8-13(4)16(19)9-12(15)3/h5-9,17H,1-4H3. The van der Waals surface area contributed by atoms with Crippen molar-refractivity contribution in [1.82, 2.24) is 0 Å². The first kappa shape index (κ1) is 14.6. The van der Waals surface area contributed by atoms with Crippen LogP contribution in [0.5, 0.6) is 0 Å². The van der Waals surface area contributed by atoms with E-state index in [-0.39, 0.29) is 4.83 Å². The predicted molar refractivity (Wildman–Crippen MR) is 87.6 cm³/mol. The van der Waals surface area contributed by atoms with Gasteiger partial charge in [-0.3, -0.25) is 0 Å². The molecule has 2 heteroatoms. The lowest BCUT2D eigenvalue weighted by atomic mass is 9.95. The van der Waals surface area contributed by atoms with Crippen molar-refractivity contribution in [3.8, 4) is 0 Å². The van der Waals surface area contributed by atoms with Crippen molar-refractivity contribution in [2.24, 2.45) is 0 Å². The third-order valence-corrected chi connectivity index (χ3v) is 4.92. The Kier molecular flexibility index (Phi) is 4.37. The minimum absolute atomic E-state index is 0.211. The molecule has 0 saturated carbocycles. The van der Waals surface area contributed by atoms with Crippen LogP contribution in [0.2, 0.25) is 5.02 Å². The first-order chi connectivity index (χ1) is 8.90. The zero-order valence-corrected chi connectivity index (χ0v) is 14.1. The van der Waals surface area contributed by atoms with Gasteiger partial charge >= 0.3 is 0 Å². The molecule has 0 amide bonds. The van der Waals surface area contributed by atoms with E-state index in [1.807, 2.05) is 13.0 Å². The van der Waals surface area contributed by atoms with E-state index in [0.29, 0.717) is 0 Å². The van der Waals surface area contributed by atoms with E-state index in [9.17, 15) is 0 Å². The molecule has 0 aromatic heterocycles. The molecule has 0 aliphatic carbocycles. The van der Waals surface area contributed by atoms with Crippen molar-refractivity contribution in [3.05, 3.63) is 68.7 Å². The molecule has 0 saturated heterocycles. The second-order valence-electron chi connectivity index (χ2n) is 5.18. The topological polar surface area (TPSA) is 0 Å². The number of halogens is 2. The van der Waals surface area contributed by atoms with Crippen molar-refractivity contribution >= 4 is 27.5 Å². The summed E-state index contributed by atoms with van der Waals surface area (Å²) in [4.78, 5) is 0.211. The van der Waals surface area contributed by atoms with Crippen molar-refractivity contribution in [3.63, 3.8) is 0 Å². The van der Waals surface area contributed by atoms with Gasteiger partial charge in [0.15, 0.2) is 0 Å². The van der Waals surface area contributed by atoms with Crippen molar-refractivity contribution < 1.29 is 0 Å².